The maximum Gasteiger partial charge on any atom is 0.301 e. The predicted octanol–water partition coefficient (Wildman–Crippen LogP) is 9.08. The number of aliphatic hydroxyl groups excluding tert-OH is 1. The normalized spacial score (nSPS) is 15.6. The van der Waals surface area contributed by atoms with Crippen molar-refractivity contribution in [2.24, 2.45) is 0 Å². The Balaban J connectivity index is 1.37. The van der Waals surface area contributed by atoms with Crippen molar-refractivity contribution in [3.63, 3.8) is 0 Å². The van der Waals surface area contributed by atoms with Crippen molar-refractivity contribution in [1.29, 1.82) is 0 Å². The van der Waals surface area contributed by atoms with Crippen molar-refractivity contribution in [1.82, 2.24) is 10.2 Å². The zero-order valence-electron chi connectivity index (χ0n) is 25.3. The lowest BCUT2D eigenvalue weighted by Gasteiger charge is -2.23. The first-order valence-electron chi connectivity index (χ1n) is 15.0. The SMILES string of the molecule is CCCCOc1ccc(C(O)=C2C(=O)C(=O)N(c3nnc(SCc4ccccc4Cl)s3)[C@H]2c2cccc(Oc3ccccc3)c2)cc1. The summed E-state index contributed by atoms with van der Waals surface area (Å²) in [6.07, 6.45) is 1.93. The number of nitrogens with zero attached hydrogens (tertiary/aromatic N) is 3. The summed E-state index contributed by atoms with van der Waals surface area (Å²) in [5.41, 5.74) is 1.81. The summed E-state index contributed by atoms with van der Waals surface area (Å²) in [6.45, 7) is 2.66. The van der Waals surface area contributed by atoms with Crippen LogP contribution in [0.3, 0.4) is 0 Å². The van der Waals surface area contributed by atoms with Gasteiger partial charge in [0.05, 0.1) is 18.2 Å². The molecule has 6 rings (SSSR count). The molecule has 1 amide bonds. The van der Waals surface area contributed by atoms with Crippen molar-refractivity contribution in [2.75, 3.05) is 11.5 Å². The quantitative estimate of drug-likeness (QED) is 0.0347. The summed E-state index contributed by atoms with van der Waals surface area (Å²) in [5.74, 6) is 0.380. The highest BCUT2D eigenvalue weighted by Crippen LogP contribution is 2.45. The molecule has 4 aromatic carbocycles. The number of thioether (sulfide) groups is 1. The molecule has 1 saturated heterocycles. The number of para-hydroxylation sites is 1. The molecular weight excluding hydrogens is 654 g/mol. The molecule has 1 fully saturated rings. The number of hydrogen-bond donors (Lipinski definition) is 1. The highest BCUT2D eigenvalue weighted by Gasteiger charge is 2.48. The molecule has 1 atom stereocenters. The fourth-order valence-corrected chi connectivity index (χ4v) is 7.18. The smallest absolute Gasteiger partial charge is 0.301 e. The monoisotopic (exact) mass is 683 g/mol. The van der Waals surface area contributed by atoms with Gasteiger partial charge in [0, 0.05) is 16.3 Å². The van der Waals surface area contributed by atoms with Gasteiger partial charge in [-0.2, -0.15) is 0 Å². The third-order valence-electron chi connectivity index (χ3n) is 7.40. The Hall–Kier alpha value is -4.64. The fraction of sp³-hybridized carbons (Fsp3) is 0.167. The molecule has 1 N–H and O–H groups in total. The number of rotatable bonds is 12. The highest BCUT2D eigenvalue weighted by atomic mass is 35.5. The average molecular weight is 684 g/mol. The van der Waals surface area contributed by atoms with Crippen LogP contribution in [-0.4, -0.2) is 33.6 Å². The second-order valence-electron chi connectivity index (χ2n) is 10.6. The Labute approximate surface area is 285 Å². The molecule has 0 spiro atoms. The van der Waals surface area contributed by atoms with E-state index >= 15 is 0 Å². The van der Waals surface area contributed by atoms with E-state index in [9.17, 15) is 14.7 Å². The van der Waals surface area contributed by atoms with Crippen LogP contribution in [0.2, 0.25) is 5.02 Å². The fourth-order valence-electron chi connectivity index (χ4n) is 5.03. The van der Waals surface area contributed by atoms with Gasteiger partial charge in [0.25, 0.3) is 5.78 Å². The molecule has 0 aliphatic carbocycles. The molecule has 0 bridgehead atoms. The minimum Gasteiger partial charge on any atom is -0.507 e. The second kappa shape index (κ2) is 14.8. The molecule has 1 aliphatic rings. The van der Waals surface area contributed by atoms with Crippen molar-refractivity contribution in [2.45, 2.75) is 35.9 Å². The number of Topliss-reactive ketones (excluding diaryl/α,β-unsaturated/α-hetero) is 1. The Morgan fingerprint density at radius 1 is 0.915 bits per heavy atom. The van der Waals surface area contributed by atoms with Gasteiger partial charge in [-0.25, -0.2) is 0 Å². The van der Waals surface area contributed by atoms with Crippen LogP contribution in [-0.2, 0) is 15.3 Å². The first-order chi connectivity index (χ1) is 22.9. The summed E-state index contributed by atoms with van der Waals surface area (Å²) in [7, 11) is 0. The summed E-state index contributed by atoms with van der Waals surface area (Å²) in [5, 5.41) is 21.1. The van der Waals surface area contributed by atoms with Gasteiger partial charge >= 0.3 is 5.91 Å². The van der Waals surface area contributed by atoms with Crippen LogP contribution in [0.4, 0.5) is 5.13 Å². The van der Waals surface area contributed by atoms with Crippen LogP contribution < -0.4 is 14.4 Å². The number of carbonyl (C=O) groups is 2. The summed E-state index contributed by atoms with van der Waals surface area (Å²) in [6, 6.07) is 29.7. The van der Waals surface area contributed by atoms with E-state index in [4.69, 9.17) is 21.1 Å². The number of hydrogen-bond acceptors (Lipinski definition) is 9. The number of amides is 1. The van der Waals surface area contributed by atoms with E-state index in [2.05, 4.69) is 17.1 Å². The van der Waals surface area contributed by atoms with Crippen LogP contribution >= 0.6 is 34.7 Å². The molecule has 11 heteroatoms. The van der Waals surface area contributed by atoms with Gasteiger partial charge in [-0.05, 0) is 72.1 Å². The molecule has 47 heavy (non-hydrogen) atoms. The highest BCUT2D eigenvalue weighted by molar-refractivity contribution is 8.00. The van der Waals surface area contributed by atoms with Crippen LogP contribution in [0.15, 0.2) is 113 Å². The molecule has 8 nitrogen and oxygen atoms in total. The molecule has 2 heterocycles. The number of carbonyl (C=O) groups excluding carboxylic acids is 2. The van der Waals surface area contributed by atoms with Crippen molar-refractivity contribution >= 4 is 57.3 Å². The first kappa shape index (κ1) is 32.3. The molecule has 1 aliphatic heterocycles. The van der Waals surface area contributed by atoms with Gasteiger partial charge in [0.1, 0.15) is 23.0 Å². The topological polar surface area (TPSA) is 102 Å². The van der Waals surface area contributed by atoms with Crippen molar-refractivity contribution in [3.05, 3.63) is 130 Å². The summed E-state index contributed by atoms with van der Waals surface area (Å²) >= 11 is 8.95. The van der Waals surface area contributed by atoms with E-state index in [1.165, 1.54) is 28.0 Å². The molecule has 0 radical (unpaired) electrons. The van der Waals surface area contributed by atoms with E-state index in [1.807, 2.05) is 54.6 Å². The van der Waals surface area contributed by atoms with Gasteiger partial charge in [0.15, 0.2) is 4.34 Å². The standard InChI is InChI=1S/C36H30ClN3O5S2/c1-2-3-20-44-26-18-16-23(17-19-26)32(41)30-31(24-11-9-14-28(21-24)45-27-12-5-4-6-13-27)40(34(43)33(30)42)35-38-39-36(47-35)46-22-25-10-7-8-15-29(25)37/h4-19,21,31,41H,2-3,20,22H2,1H3/t31-/m0/s1. The first-order valence-corrected chi connectivity index (χ1v) is 17.2. The third-order valence-corrected chi connectivity index (χ3v) is 9.88. The minimum absolute atomic E-state index is 0.0630. The molecule has 238 valence electrons. The van der Waals surface area contributed by atoms with E-state index in [0.29, 0.717) is 50.1 Å². The maximum absolute atomic E-state index is 13.7. The van der Waals surface area contributed by atoms with Gasteiger partial charge in [-0.1, -0.05) is 96.6 Å². The van der Waals surface area contributed by atoms with Crippen LogP contribution in [0.25, 0.3) is 5.76 Å². The molecule has 0 unspecified atom stereocenters. The zero-order chi connectivity index (χ0) is 32.8. The largest absolute Gasteiger partial charge is 0.507 e. The van der Waals surface area contributed by atoms with Crippen molar-refractivity contribution < 1.29 is 24.2 Å². The molecule has 0 saturated carbocycles. The van der Waals surface area contributed by atoms with Crippen LogP contribution in [0.1, 0.15) is 42.5 Å². The number of ketones is 1. The molecular formula is C36H30ClN3O5S2. The Morgan fingerprint density at radius 2 is 1.66 bits per heavy atom. The average Bonchev–Trinajstić information content (AvgIpc) is 3.66. The number of unbranched alkanes of at least 4 members (excludes halogenated alkanes) is 1. The molecule has 5 aromatic rings. The van der Waals surface area contributed by atoms with Gasteiger partial charge < -0.3 is 14.6 Å². The minimum atomic E-state index is -0.996. The Bertz CT molecular complexity index is 1910. The number of halogens is 1. The van der Waals surface area contributed by atoms with Gasteiger partial charge in [0.2, 0.25) is 5.13 Å². The number of benzene rings is 4. The predicted molar refractivity (Wildman–Crippen MR) is 186 cm³/mol. The Morgan fingerprint density at radius 3 is 2.43 bits per heavy atom. The lowest BCUT2D eigenvalue weighted by Crippen LogP contribution is -2.29. The zero-order valence-corrected chi connectivity index (χ0v) is 27.7. The number of aliphatic hydroxyl groups is 1. The third kappa shape index (κ3) is 7.35. The lowest BCUT2D eigenvalue weighted by atomic mass is 9.95. The number of ether oxygens (including phenoxy) is 2. The maximum atomic E-state index is 13.7. The van der Waals surface area contributed by atoms with Crippen LogP contribution in [0, 0.1) is 0 Å². The van der Waals surface area contributed by atoms with Gasteiger partial charge in [-0.3, -0.25) is 14.5 Å². The Kier molecular flexibility index (Phi) is 10.2. The van der Waals surface area contributed by atoms with E-state index in [-0.39, 0.29) is 16.5 Å². The molecule has 1 aromatic heterocycles. The number of aromatic nitrogens is 2. The van der Waals surface area contributed by atoms with E-state index < -0.39 is 17.7 Å². The summed E-state index contributed by atoms with van der Waals surface area (Å²) < 4.78 is 12.4. The number of anilines is 1. The second-order valence-corrected chi connectivity index (χ2v) is 13.2. The van der Waals surface area contributed by atoms with E-state index in [0.717, 1.165) is 18.4 Å². The van der Waals surface area contributed by atoms with Crippen LogP contribution in [0.5, 0.6) is 17.2 Å². The lowest BCUT2D eigenvalue weighted by molar-refractivity contribution is -0.132. The summed E-state index contributed by atoms with van der Waals surface area (Å²) in [4.78, 5) is 28.8. The van der Waals surface area contributed by atoms with E-state index in [1.54, 1.807) is 48.5 Å². The van der Waals surface area contributed by atoms with Crippen molar-refractivity contribution in [3.8, 4) is 17.2 Å². The van der Waals surface area contributed by atoms with Gasteiger partial charge in [-0.15, -0.1) is 10.2 Å².